The molecule has 0 fully saturated rings. The van der Waals surface area contributed by atoms with Gasteiger partial charge in [0, 0.05) is 52.3 Å². The first-order valence-electron chi connectivity index (χ1n) is 2.73. The Labute approximate surface area is 94.5 Å². The largest absolute Gasteiger partial charge is 0.285 e. The van der Waals surface area contributed by atoms with Crippen molar-refractivity contribution in [1.82, 2.24) is 1.33 Å². The minimum atomic E-state index is -3.95. The van der Waals surface area contributed by atoms with Gasteiger partial charge < -0.3 is 0 Å². The van der Waals surface area contributed by atoms with Crippen molar-refractivity contribution >= 4 is 55.8 Å². The molecule has 4 nitrogen and oxygen atoms in total. The van der Waals surface area contributed by atoms with Crippen molar-refractivity contribution in [3.8, 4) is 0 Å². The summed E-state index contributed by atoms with van der Waals surface area (Å²) in [5.41, 5.74) is 0. The highest BCUT2D eigenvalue weighted by atomic mass is 127. The average Bonchev–Trinajstić information content (AvgIpc) is 1.56. The Balaban J connectivity index is 4.49. The van der Waals surface area contributed by atoms with Crippen LogP contribution in [0.2, 0.25) is 0 Å². The van der Waals surface area contributed by atoms with E-state index in [4.69, 9.17) is 4.55 Å². The van der Waals surface area contributed by atoms with Crippen LogP contribution in [0.3, 0.4) is 0 Å². The second kappa shape index (κ2) is 4.03. The van der Waals surface area contributed by atoms with Crippen LogP contribution in [0, 0.1) is 0 Å². The first-order valence-corrected chi connectivity index (χ1v) is 6.10. The normalized spacial score (nSPS) is 14.0. The van der Waals surface area contributed by atoms with Crippen LogP contribution in [0.15, 0.2) is 0 Å². The smallest absolute Gasteiger partial charge is 0.271 e. The highest BCUT2D eigenvalue weighted by Crippen LogP contribution is 2.20. The summed E-state index contributed by atoms with van der Waals surface area (Å²) >= 11 is 3.90. The monoisotopic (exact) mass is 405 g/mol. The second-order valence-electron chi connectivity index (χ2n) is 2.70. The van der Waals surface area contributed by atoms with Gasteiger partial charge in [-0.1, -0.05) is 0 Å². The Bertz CT molecular complexity index is 223. The van der Waals surface area contributed by atoms with Crippen LogP contribution in [0.1, 0.15) is 13.8 Å². The summed E-state index contributed by atoms with van der Waals surface area (Å²) in [6.07, 6.45) is 0. The van der Waals surface area contributed by atoms with Crippen molar-refractivity contribution in [3.63, 3.8) is 0 Å². The quantitative estimate of drug-likeness (QED) is 0.441. The lowest BCUT2D eigenvalue weighted by Crippen LogP contribution is -2.38. The van der Waals surface area contributed by atoms with E-state index in [0.717, 1.165) is 0 Å². The zero-order valence-electron chi connectivity index (χ0n) is 6.08. The lowest BCUT2D eigenvalue weighted by Gasteiger charge is -2.22. The predicted molar refractivity (Wildman–Crippen MR) is 60.4 cm³/mol. The van der Waals surface area contributed by atoms with Crippen LogP contribution in [0.4, 0.5) is 0 Å². The third kappa shape index (κ3) is 4.20. The molecule has 68 valence electrons. The fraction of sp³-hybridized carbons (Fsp3) is 1.00. The molecule has 0 saturated heterocycles. The summed E-state index contributed by atoms with van der Waals surface area (Å²) in [5.74, 6) is 0. The van der Waals surface area contributed by atoms with Crippen LogP contribution in [-0.4, -0.2) is 25.6 Å². The molecule has 0 bridgehead atoms. The number of hydrogen-bond acceptors (Lipinski definition) is 3. The molecule has 0 aliphatic heterocycles. The number of nitrogens with zero attached hydrogens (tertiary/aromatic N) is 1. The van der Waals surface area contributed by atoms with Crippen LogP contribution in [-0.2, 0) is 10.1 Å². The maximum absolute atomic E-state index is 10.7. The lowest BCUT2D eigenvalue weighted by atomic mass is 10.2. The summed E-state index contributed by atoms with van der Waals surface area (Å²) < 4.78 is 30.7. The molecule has 0 unspecified atom stereocenters. The molecule has 0 heterocycles. The molecule has 0 amide bonds. The zero-order valence-corrected chi connectivity index (χ0v) is 11.2. The fourth-order valence-electron chi connectivity index (χ4n) is 0.369. The molecule has 1 N–H and O–H groups in total. The minimum absolute atomic E-state index is 0.285. The van der Waals surface area contributed by atoms with Gasteiger partial charge >= 0.3 is 0 Å². The van der Waals surface area contributed by atoms with Crippen LogP contribution in [0.5, 0.6) is 0 Å². The lowest BCUT2D eigenvalue weighted by molar-refractivity contribution is 0.434. The first-order chi connectivity index (χ1) is 4.67. The van der Waals surface area contributed by atoms with Crippen molar-refractivity contribution < 1.29 is 13.0 Å². The molecule has 0 aromatic carbocycles. The van der Waals surface area contributed by atoms with Crippen LogP contribution >= 0.6 is 45.7 Å². The van der Waals surface area contributed by atoms with Gasteiger partial charge in [-0.2, -0.15) is 9.74 Å². The van der Waals surface area contributed by atoms with Crippen molar-refractivity contribution in [1.29, 1.82) is 0 Å². The number of halogens is 2. The molecule has 0 saturated carbocycles. The minimum Gasteiger partial charge on any atom is -0.285 e. The fourth-order valence-corrected chi connectivity index (χ4v) is 2.83. The van der Waals surface area contributed by atoms with E-state index in [2.05, 4.69) is 0 Å². The Morgan fingerprint density at radius 3 is 1.91 bits per heavy atom. The van der Waals surface area contributed by atoms with Crippen molar-refractivity contribution in [2.45, 2.75) is 18.6 Å². The maximum Gasteiger partial charge on any atom is 0.271 e. The summed E-state index contributed by atoms with van der Waals surface area (Å²) in [4.78, 5) is 0. The molecular formula is C4H9I2NO3S. The topological polar surface area (TPSA) is 57.6 Å². The second-order valence-corrected chi connectivity index (χ2v) is 8.93. The SMILES string of the molecule is CC(C)(CN(I)I)S(=O)(=O)O. The van der Waals surface area contributed by atoms with Gasteiger partial charge in [-0.25, -0.2) is 0 Å². The van der Waals surface area contributed by atoms with E-state index in [0.29, 0.717) is 0 Å². The number of hydrogen-bond donors (Lipinski definition) is 1. The van der Waals surface area contributed by atoms with Gasteiger partial charge in [0.15, 0.2) is 0 Å². The van der Waals surface area contributed by atoms with E-state index in [9.17, 15) is 8.42 Å². The molecule has 0 spiro atoms. The Kier molecular flexibility index (Phi) is 4.51. The van der Waals surface area contributed by atoms with Gasteiger partial charge in [-0.3, -0.25) is 4.55 Å². The van der Waals surface area contributed by atoms with E-state index >= 15 is 0 Å². The van der Waals surface area contributed by atoms with Gasteiger partial charge in [0.25, 0.3) is 10.1 Å². The third-order valence-electron chi connectivity index (χ3n) is 1.20. The molecule has 0 atom stereocenters. The standard InChI is InChI=1S/C4H9I2NO3S/c1-4(2,3-7(5)6)11(8,9)10/h3H2,1-2H3,(H,8,9,10). The Morgan fingerprint density at radius 1 is 1.45 bits per heavy atom. The van der Waals surface area contributed by atoms with Crippen molar-refractivity contribution in [2.75, 3.05) is 6.54 Å². The summed E-state index contributed by atoms with van der Waals surface area (Å²) in [6.45, 7) is 3.24. The molecule has 0 aliphatic rings. The van der Waals surface area contributed by atoms with E-state index in [1.807, 2.05) is 45.7 Å². The molecule has 0 radical (unpaired) electrons. The molecule has 0 aliphatic carbocycles. The Morgan fingerprint density at radius 2 is 1.82 bits per heavy atom. The van der Waals surface area contributed by atoms with E-state index in [-0.39, 0.29) is 6.54 Å². The molecular weight excluding hydrogens is 396 g/mol. The molecule has 0 aromatic heterocycles. The van der Waals surface area contributed by atoms with E-state index in [1.165, 1.54) is 13.8 Å². The maximum atomic E-state index is 10.7. The highest BCUT2D eigenvalue weighted by molar-refractivity contribution is 14.2. The van der Waals surface area contributed by atoms with Gasteiger partial charge in [0.05, 0.1) is 0 Å². The van der Waals surface area contributed by atoms with Crippen LogP contribution in [0.25, 0.3) is 0 Å². The van der Waals surface area contributed by atoms with Gasteiger partial charge in [-0.15, -0.1) is 0 Å². The summed E-state index contributed by atoms with van der Waals surface area (Å²) in [5, 5.41) is 0. The van der Waals surface area contributed by atoms with E-state index in [1.54, 1.807) is 1.33 Å². The van der Waals surface area contributed by atoms with Gasteiger partial charge in [-0.05, 0) is 13.8 Å². The molecule has 7 heteroatoms. The van der Waals surface area contributed by atoms with Gasteiger partial charge in [0.1, 0.15) is 4.75 Å². The van der Waals surface area contributed by atoms with Crippen molar-refractivity contribution in [3.05, 3.63) is 0 Å². The van der Waals surface area contributed by atoms with Gasteiger partial charge in [0.2, 0.25) is 0 Å². The van der Waals surface area contributed by atoms with E-state index < -0.39 is 14.9 Å². The predicted octanol–water partition coefficient (Wildman–Crippen LogP) is 1.65. The molecule has 0 aromatic rings. The zero-order chi connectivity index (χ0) is 9.28. The summed E-state index contributed by atoms with van der Waals surface area (Å²) in [7, 11) is -3.95. The molecule has 11 heavy (non-hydrogen) atoms. The first kappa shape index (κ1) is 12.3. The third-order valence-corrected chi connectivity index (χ3v) is 3.41. The highest BCUT2D eigenvalue weighted by Gasteiger charge is 2.33. The van der Waals surface area contributed by atoms with Crippen molar-refractivity contribution in [2.24, 2.45) is 0 Å². The Hall–Kier alpha value is 1.33. The number of rotatable bonds is 3. The molecule has 0 rings (SSSR count). The average molecular weight is 405 g/mol. The van der Waals surface area contributed by atoms with Crippen LogP contribution < -0.4 is 0 Å². The summed E-state index contributed by atoms with van der Waals surface area (Å²) in [6, 6.07) is 0.